The number of carbonyl (C=O) groups excluding carboxylic acids is 2. The van der Waals surface area contributed by atoms with Crippen LogP contribution < -0.4 is 0 Å². The summed E-state index contributed by atoms with van der Waals surface area (Å²) in [5, 5.41) is 7.86. The van der Waals surface area contributed by atoms with Crippen molar-refractivity contribution in [1.82, 2.24) is 0 Å². The number of unbranched alkanes of at least 4 members (excludes halogenated alkanes) is 2. The Bertz CT molecular complexity index is 459. The van der Waals surface area contributed by atoms with Crippen molar-refractivity contribution >= 4 is 11.6 Å². The molecule has 1 aliphatic rings. The van der Waals surface area contributed by atoms with E-state index in [2.05, 4.69) is 17.2 Å². The molecule has 0 aliphatic heterocycles. The van der Waals surface area contributed by atoms with Gasteiger partial charge < -0.3 is 0 Å². The number of fused-ring (bicyclic) bond motifs is 1. The van der Waals surface area contributed by atoms with Crippen LogP contribution in [0.15, 0.2) is 34.5 Å². The van der Waals surface area contributed by atoms with Gasteiger partial charge >= 0.3 is 0 Å². The highest BCUT2D eigenvalue weighted by Crippen LogP contribution is 2.24. The molecule has 0 spiro atoms. The normalized spacial score (nSPS) is 15.6. The summed E-state index contributed by atoms with van der Waals surface area (Å²) in [5.41, 5.74) is 0.944. The van der Waals surface area contributed by atoms with Crippen molar-refractivity contribution in [3.05, 3.63) is 35.4 Å². The minimum absolute atomic E-state index is 0.227. The number of carbonyl (C=O) groups is 2. The number of hydrogen-bond acceptors (Lipinski definition) is 4. The molecule has 0 fully saturated rings. The fourth-order valence-corrected chi connectivity index (χ4v) is 2.00. The van der Waals surface area contributed by atoms with E-state index in [0.29, 0.717) is 17.7 Å². The van der Waals surface area contributed by atoms with Crippen LogP contribution in [0.3, 0.4) is 0 Å². The molecule has 4 heteroatoms. The topological polar surface area (TPSA) is 58.9 Å². The van der Waals surface area contributed by atoms with Crippen LogP contribution in [0.4, 0.5) is 0 Å². The Morgan fingerprint density at radius 3 is 2.22 bits per heavy atom. The quantitative estimate of drug-likeness (QED) is 0.454. The monoisotopic (exact) mass is 244 g/mol. The molecule has 18 heavy (non-hydrogen) atoms. The first-order chi connectivity index (χ1) is 8.75. The van der Waals surface area contributed by atoms with Crippen LogP contribution in [0.25, 0.3) is 0 Å². The molecule has 1 aromatic carbocycles. The minimum Gasteiger partial charge on any atom is -0.291 e. The highest BCUT2D eigenvalue weighted by atomic mass is 16.2. The minimum atomic E-state index is -0.941. The second kappa shape index (κ2) is 5.67. The largest absolute Gasteiger partial charge is 0.291 e. The summed E-state index contributed by atoms with van der Waals surface area (Å²) in [4.78, 5) is 23.9. The molecule has 0 heterocycles. The van der Waals surface area contributed by atoms with E-state index in [0.717, 1.165) is 19.3 Å². The highest BCUT2D eigenvalue weighted by Gasteiger charge is 2.38. The lowest BCUT2D eigenvalue weighted by molar-refractivity contribution is 0.0890. The summed E-state index contributed by atoms with van der Waals surface area (Å²) < 4.78 is 0. The van der Waals surface area contributed by atoms with E-state index in [1.54, 1.807) is 24.3 Å². The fourth-order valence-electron chi connectivity index (χ4n) is 2.00. The number of benzene rings is 1. The Kier molecular flexibility index (Phi) is 3.97. The van der Waals surface area contributed by atoms with E-state index in [4.69, 9.17) is 0 Å². The van der Waals surface area contributed by atoms with Crippen LogP contribution in [-0.2, 0) is 0 Å². The Morgan fingerprint density at radius 1 is 1.06 bits per heavy atom. The van der Waals surface area contributed by atoms with Crippen LogP contribution >= 0.6 is 0 Å². The lowest BCUT2D eigenvalue weighted by Crippen LogP contribution is -2.18. The summed E-state index contributed by atoms with van der Waals surface area (Å²) in [5.74, 6) is -0.454. The van der Waals surface area contributed by atoms with Gasteiger partial charge in [0.1, 0.15) is 0 Å². The molecule has 0 atom stereocenters. The van der Waals surface area contributed by atoms with Gasteiger partial charge in [-0.15, -0.1) is 0 Å². The smallest absolute Gasteiger partial charge is 0.197 e. The van der Waals surface area contributed by atoms with Crippen molar-refractivity contribution in [3.8, 4) is 0 Å². The van der Waals surface area contributed by atoms with Gasteiger partial charge in [0.15, 0.2) is 17.6 Å². The van der Waals surface area contributed by atoms with Crippen LogP contribution in [0.1, 0.15) is 46.9 Å². The zero-order chi connectivity index (χ0) is 13.0. The fraction of sp³-hybridized carbons (Fsp3) is 0.429. The third-order valence-corrected chi connectivity index (χ3v) is 3.01. The second-order valence-corrected chi connectivity index (χ2v) is 4.36. The summed E-state index contributed by atoms with van der Waals surface area (Å²) in [7, 11) is 0. The predicted molar refractivity (Wildman–Crippen MR) is 68.1 cm³/mol. The molecule has 0 saturated heterocycles. The molecule has 2 rings (SSSR count). The molecule has 0 saturated carbocycles. The Balaban J connectivity index is 2.05. The molecule has 0 bridgehead atoms. The maximum absolute atomic E-state index is 12.0. The predicted octanol–water partition coefficient (Wildman–Crippen LogP) is 3.08. The van der Waals surface area contributed by atoms with Gasteiger partial charge in [-0.05, 0) is 6.42 Å². The van der Waals surface area contributed by atoms with Crippen molar-refractivity contribution < 1.29 is 9.59 Å². The van der Waals surface area contributed by atoms with E-state index in [9.17, 15) is 9.59 Å². The van der Waals surface area contributed by atoms with E-state index in [1.807, 2.05) is 0 Å². The summed E-state index contributed by atoms with van der Waals surface area (Å²) in [6, 6.07) is 5.91. The van der Waals surface area contributed by atoms with Gasteiger partial charge in [0.25, 0.3) is 0 Å². The maximum Gasteiger partial charge on any atom is 0.197 e. The number of rotatable bonds is 5. The van der Waals surface area contributed by atoms with E-state index >= 15 is 0 Å². The standard InChI is InChI=1S/C14H16N2O2/c1-2-3-6-9-15-16-12-13(17)10-7-4-5-8-11(10)14(12)18/h4-5,7-8,12H,2-3,6,9H2,1H3/b16-15+. The molecule has 0 aromatic heterocycles. The Hall–Kier alpha value is -1.84. The van der Waals surface area contributed by atoms with Crippen molar-refractivity contribution in [2.75, 3.05) is 6.54 Å². The average molecular weight is 244 g/mol. The Labute approximate surface area is 106 Å². The molecule has 4 nitrogen and oxygen atoms in total. The summed E-state index contributed by atoms with van der Waals surface area (Å²) >= 11 is 0. The van der Waals surface area contributed by atoms with Gasteiger partial charge in [0, 0.05) is 11.1 Å². The van der Waals surface area contributed by atoms with E-state index in [1.165, 1.54) is 0 Å². The van der Waals surface area contributed by atoms with Gasteiger partial charge in [-0.25, -0.2) is 0 Å². The van der Waals surface area contributed by atoms with Gasteiger partial charge in [-0.3, -0.25) is 9.59 Å². The zero-order valence-corrected chi connectivity index (χ0v) is 10.4. The Morgan fingerprint density at radius 2 is 1.67 bits per heavy atom. The van der Waals surface area contributed by atoms with Crippen molar-refractivity contribution in [3.63, 3.8) is 0 Å². The van der Waals surface area contributed by atoms with Crippen LogP contribution in [0, 0.1) is 0 Å². The van der Waals surface area contributed by atoms with Crippen LogP contribution in [0.2, 0.25) is 0 Å². The van der Waals surface area contributed by atoms with Gasteiger partial charge in [0.05, 0.1) is 6.54 Å². The first-order valence-electron chi connectivity index (χ1n) is 6.29. The SMILES string of the molecule is CCCCC/N=N/C1C(=O)c2ccccc2C1=O. The number of Topliss-reactive ketones (excluding diaryl/α,β-unsaturated/α-hetero) is 2. The molecule has 94 valence electrons. The molecule has 0 radical (unpaired) electrons. The molecule has 0 unspecified atom stereocenters. The lowest BCUT2D eigenvalue weighted by Gasteiger charge is -1.97. The average Bonchev–Trinajstić information content (AvgIpc) is 2.64. The highest BCUT2D eigenvalue weighted by molar-refractivity contribution is 6.29. The number of hydrogen-bond donors (Lipinski definition) is 0. The lowest BCUT2D eigenvalue weighted by atomic mass is 10.1. The third-order valence-electron chi connectivity index (χ3n) is 3.01. The molecular formula is C14H16N2O2. The van der Waals surface area contributed by atoms with E-state index in [-0.39, 0.29) is 11.6 Å². The van der Waals surface area contributed by atoms with Crippen molar-refractivity contribution in [2.45, 2.75) is 32.2 Å². The second-order valence-electron chi connectivity index (χ2n) is 4.36. The third kappa shape index (κ3) is 2.37. The molecule has 1 aliphatic carbocycles. The maximum atomic E-state index is 12.0. The first kappa shape index (κ1) is 12.6. The molecule has 1 aromatic rings. The van der Waals surface area contributed by atoms with Gasteiger partial charge in [-0.1, -0.05) is 44.0 Å². The molecule has 0 amide bonds. The molecule has 0 N–H and O–H groups in total. The number of ketones is 2. The van der Waals surface area contributed by atoms with Crippen LogP contribution in [0.5, 0.6) is 0 Å². The number of nitrogens with zero attached hydrogens (tertiary/aromatic N) is 2. The van der Waals surface area contributed by atoms with Crippen molar-refractivity contribution in [1.29, 1.82) is 0 Å². The number of azo groups is 1. The van der Waals surface area contributed by atoms with Crippen LogP contribution in [-0.4, -0.2) is 24.2 Å². The van der Waals surface area contributed by atoms with E-state index < -0.39 is 6.04 Å². The first-order valence-corrected chi connectivity index (χ1v) is 6.29. The molecular weight excluding hydrogens is 228 g/mol. The summed E-state index contributed by atoms with van der Waals surface area (Å²) in [6.45, 7) is 2.69. The zero-order valence-electron chi connectivity index (χ0n) is 10.4. The summed E-state index contributed by atoms with van der Waals surface area (Å²) in [6.07, 6.45) is 3.15. The van der Waals surface area contributed by atoms with Gasteiger partial charge in [0.2, 0.25) is 0 Å². The van der Waals surface area contributed by atoms with Crippen molar-refractivity contribution in [2.24, 2.45) is 10.2 Å². The van der Waals surface area contributed by atoms with Gasteiger partial charge in [-0.2, -0.15) is 10.2 Å².